The molecular weight excluding hydrogens is 236 g/mol. The van der Waals surface area contributed by atoms with E-state index in [4.69, 9.17) is 17.3 Å². The molecule has 0 heterocycles. The predicted molar refractivity (Wildman–Crippen MR) is 65.0 cm³/mol. The van der Waals surface area contributed by atoms with Crippen LogP contribution in [0.1, 0.15) is 31.9 Å². The molecule has 1 aromatic carbocycles. The number of halogens is 3. The molecule has 2 N–H and O–H groups in total. The van der Waals surface area contributed by atoms with E-state index in [2.05, 4.69) is 13.8 Å². The summed E-state index contributed by atoms with van der Waals surface area (Å²) in [6.07, 6.45) is 0.978. The normalized spacial score (nSPS) is 14.2. The molecule has 1 nitrogen and oxygen atoms in total. The van der Waals surface area contributed by atoms with Crippen LogP contribution in [0.2, 0.25) is 5.02 Å². The van der Waals surface area contributed by atoms with Crippen molar-refractivity contribution in [3.05, 3.63) is 34.6 Å². The van der Waals surface area contributed by atoms with Crippen molar-refractivity contribution < 1.29 is 4.39 Å². The average Bonchev–Trinajstić information content (AvgIpc) is 2.20. The Balaban J connectivity index is 0.00000196. The zero-order valence-electron chi connectivity index (χ0n) is 8.84. The van der Waals surface area contributed by atoms with Crippen LogP contribution in [-0.2, 0) is 0 Å². The molecule has 0 aliphatic heterocycles. The highest BCUT2D eigenvalue weighted by molar-refractivity contribution is 6.30. The van der Waals surface area contributed by atoms with Gasteiger partial charge in [-0.1, -0.05) is 37.9 Å². The van der Waals surface area contributed by atoms with Crippen molar-refractivity contribution in [1.29, 1.82) is 0 Å². The summed E-state index contributed by atoms with van der Waals surface area (Å²) < 4.78 is 13.1. The second-order valence-electron chi connectivity index (χ2n) is 3.58. The van der Waals surface area contributed by atoms with Gasteiger partial charge >= 0.3 is 0 Å². The Kier molecular flexibility index (Phi) is 6.18. The van der Waals surface area contributed by atoms with Crippen LogP contribution in [0.25, 0.3) is 0 Å². The van der Waals surface area contributed by atoms with Crippen molar-refractivity contribution in [2.75, 3.05) is 0 Å². The minimum Gasteiger partial charge on any atom is -0.324 e. The van der Waals surface area contributed by atoms with E-state index < -0.39 is 5.82 Å². The lowest BCUT2D eigenvalue weighted by Gasteiger charge is -2.18. The number of rotatable bonds is 3. The largest absolute Gasteiger partial charge is 0.324 e. The fourth-order valence-electron chi connectivity index (χ4n) is 1.30. The lowest BCUT2D eigenvalue weighted by molar-refractivity contribution is 0.455. The van der Waals surface area contributed by atoms with E-state index in [0.29, 0.717) is 5.92 Å². The minimum atomic E-state index is -0.400. The summed E-state index contributed by atoms with van der Waals surface area (Å²) in [6, 6.07) is 4.63. The molecule has 15 heavy (non-hydrogen) atoms. The topological polar surface area (TPSA) is 26.0 Å². The van der Waals surface area contributed by atoms with Gasteiger partial charge in [0, 0.05) is 6.04 Å². The number of hydrogen-bond donors (Lipinski definition) is 1. The summed E-state index contributed by atoms with van der Waals surface area (Å²) in [5.74, 6) is -0.0569. The van der Waals surface area contributed by atoms with Crippen molar-refractivity contribution in [3.8, 4) is 0 Å². The maximum Gasteiger partial charge on any atom is 0.142 e. The Morgan fingerprint density at radius 3 is 2.53 bits per heavy atom. The smallest absolute Gasteiger partial charge is 0.142 e. The quantitative estimate of drug-likeness (QED) is 0.866. The molecule has 0 spiro atoms. The highest BCUT2D eigenvalue weighted by atomic mass is 35.5. The summed E-state index contributed by atoms with van der Waals surface area (Å²) in [6.45, 7) is 4.12. The summed E-state index contributed by atoms with van der Waals surface area (Å²) in [5.41, 5.74) is 6.76. The zero-order chi connectivity index (χ0) is 10.7. The van der Waals surface area contributed by atoms with E-state index in [1.54, 1.807) is 12.1 Å². The number of hydrogen-bond acceptors (Lipinski definition) is 1. The first-order chi connectivity index (χ1) is 6.56. The highest BCUT2D eigenvalue weighted by Gasteiger charge is 2.14. The van der Waals surface area contributed by atoms with E-state index in [-0.39, 0.29) is 23.5 Å². The first-order valence-electron chi connectivity index (χ1n) is 4.76. The monoisotopic (exact) mass is 251 g/mol. The summed E-state index contributed by atoms with van der Waals surface area (Å²) in [5, 5.41) is 0.144. The number of benzene rings is 1. The van der Waals surface area contributed by atoms with Gasteiger partial charge in [-0.15, -0.1) is 12.4 Å². The molecule has 1 unspecified atom stereocenters. The van der Waals surface area contributed by atoms with Gasteiger partial charge in [-0.3, -0.25) is 0 Å². The molecule has 0 saturated carbocycles. The van der Waals surface area contributed by atoms with Crippen LogP contribution in [0.5, 0.6) is 0 Å². The van der Waals surface area contributed by atoms with Crippen LogP contribution >= 0.6 is 24.0 Å². The molecule has 0 aromatic heterocycles. The minimum absolute atomic E-state index is 0. The molecule has 2 atom stereocenters. The molecule has 0 fully saturated rings. The van der Waals surface area contributed by atoms with Gasteiger partial charge in [-0.25, -0.2) is 4.39 Å². The lowest BCUT2D eigenvalue weighted by atomic mass is 9.93. The first-order valence-corrected chi connectivity index (χ1v) is 5.14. The molecule has 0 radical (unpaired) electrons. The summed E-state index contributed by atoms with van der Waals surface area (Å²) >= 11 is 5.58. The second kappa shape index (κ2) is 6.31. The van der Waals surface area contributed by atoms with Crippen LogP contribution in [0.3, 0.4) is 0 Å². The molecular formula is C11H16Cl2FN. The average molecular weight is 252 g/mol. The van der Waals surface area contributed by atoms with E-state index in [1.165, 1.54) is 6.07 Å². The molecule has 1 rings (SSSR count). The van der Waals surface area contributed by atoms with E-state index in [9.17, 15) is 4.39 Å². The van der Waals surface area contributed by atoms with Crippen molar-refractivity contribution in [2.24, 2.45) is 11.7 Å². The standard InChI is InChI=1S/C11H15ClFN.ClH/c1-3-7(2)11(14)8-4-5-9(12)10(13)6-8;/h4-7,11H,3,14H2,1-2H3;1H/t7?,11-;/m0./s1. The third-order valence-corrected chi connectivity index (χ3v) is 2.89. The summed E-state index contributed by atoms with van der Waals surface area (Å²) in [4.78, 5) is 0. The van der Waals surface area contributed by atoms with Crippen LogP contribution in [0.4, 0.5) is 4.39 Å². The maximum absolute atomic E-state index is 13.1. The Hall–Kier alpha value is -0.310. The maximum atomic E-state index is 13.1. The van der Waals surface area contributed by atoms with Gasteiger partial charge in [0.25, 0.3) is 0 Å². The molecule has 1 aromatic rings. The molecule has 0 aliphatic rings. The van der Waals surface area contributed by atoms with Gasteiger partial charge in [-0.2, -0.15) is 0 Å². The van der Waals surface area contributed by atoms with E-state index in [1.807, 2.05) is 0 Å². The van der Waals surface area contributed by atoms with Crippen molar-refractivity contribution >= 4 is 24.0 Å². The van der Waals surface area contributed by atoms with E-state index >= 15 is 0 Å². The van der Waals surface area contributed by atoms with Crippen LogP contribution in [0, 0.1) is 11.7 Å². The number of nitrogens with two attached hydrogens (primary N) is 1. The lowest BCUT2D eigenvalue weighted by Crippen LogP contribution is -2.18. The fraction of sp³-hybridized carbons (Fsp3) is 0.455. The Labute approximate surface area is 101 Å². The third kappa shape index (κ3) is 3.63. The Bertz CT molecular complexity index is 317. The zero-order valence-corrected chi connectivity index (χ0v) is 10.4. The summed E-state index contributed by atoms with van der Waals surface area (Å²) in [7, 11) is 0. The van der Waals surface area contributed by atoms with Crippen molar-refractivity contribution in [3.63, 3.8) is 0 Å². The van der Waals surface area contributed by atoms with Gasteiger partial charge in [-0.05, 0) is 23.6 Å². The Morgan fingerprint density at radius 2 is 2.07 bits per heavy atom. The fourth-order valence-corrected chi connectivity index (χ4v) is 1.42. The van der Waals surface area contributed by atoms with Gasteiger partial charge in [0.2, 0.25) is 0 Å². The molecule has 4 heteroatoms. The molecule has 0 aliphatic carbocycles. The van der Waals surface area contributed by atoms with Crippen LogP contribution in [0.15, 0.2) is 18.2 Å². The second-order valence-corrected chi connectivity index (χ2v) is 3.99. The SMILES string of the molecule is CCC(C)[C@H](N)c1ccc(Cl)c(F)c1.Cl. The molecule has 0 amide bonds. The molecule has 0 saturated heterocycles. The van der Waals surface area contributed by atoms with Crippen molar-refractivity contribution in [1.82, 2.24) is 0 Å². The van der Waals surface area contributed by atoms with Crippen LogP contribution < -0.4 is 5.73 Å². The predicted octanol–water partition coefficient (Wildman–Crippen LogP) is 3.95. The Morgan fingerprint density at radius 1 is 1.47 bits per heavy atom. The highest BCUT2D eigenvalue weighted by Crippen LogP contribution is 2.24. The molecule has 0 bridgehead atoms. The van der Waals surface area contributed by atoms with Gasteiger partial charge in [0.05, 0.1) is 5.02 Å². The molecule has 86 valence electrons. The van der Waals surface area contributed by atoms with Crippen LogP contribution in [-0.4, -0.2) is 0 Å². The first kappa shape index (κ1) is 14.7. The third-order valence-electron chi connectivity index (χ3n) is 2.59. The van der Waals surface area contributed by atoms with Crippen molar-refractivity contribution in [2.45, 2.75) is 26.3 Å². The van der Waals surface area contributed by atoms with Gasteiger partial charge in [0.15, 0.2) is 0 Å². The van der Waals surface area contributed by atoms with Gasteiger partial charge in [0.1, 0.15) is 5.82 Å². The van der Waals surface area contributed by atoms with Gasteiger partial charge < -0.3 is 5.73 Å². The van der Waals surface area contributed by atoms with E-state index in [0.717, 1.165) is 12.0 Å².